The largest absolute Gasteiger partial charge is 4.00 e. The molecule has 23 heteroatoms. The molecule has 0 rings (SSSR count). The van der Waals surface area contributed by atoms with Crippen LogP contribution in [0.15, 0.2) is 0 Å². The van der Waals surface area contributed by atoms with E-state index in [1.54, 1.807) is 138 Å². The molecule has 20 nitrogen and oxygen atoms in total. The summed E-state index contributed by atoms with van der Waals surface area (Å²) in [5, 5.41) is 116. The van der Waals surface area contributed by atoms with Crippen molar-refractivity contribution in [3.63, 3.8) is 0 Å². The summed E-state index contributed by atoms with van der Waals surface area (Å²) in [6.07, 6.45) is -2.06. The monoisotopic (exact) mass is 1130 g/mol. The molecular weight excluding hydrogens is 1040 g/mol. The van der Waals surface area contributed by atoms with Gasteiger partial charge >= 0.3 is 65.2 Å². The van der Waals surface area contributed by atoms with Gasteiger partial charge in [0.15, 0.2) is 0 Å². The van der Waals surface area contributed by atoms with Gasteiger partial charge in [0.25, 0.3) is 0 Å². The molecule has 0 aliphatic heterocycles. The van der Waals surface area contributed by atoms with E-state index in [1.165, 1.54) is 27.7 Å². The number of Topliss-reactive ketones (excluding diaryl/α,β-unsaturated/α-hetero) is 4. The number of hydrogen-bond acceptors (Lipinski definition) is 20. The van der Waals surface area contributed by atoms with Crippen LogP contribution in [0.25, 0.3) is 0 Å². The summed E-state index contributed by atoms with van der Waals surface area (Å²) >= 11 is 0. The number of ketones is 4. The third-order valence-electron chi connectivity index (χ3n) is 4.73. The molecule has 0 spiro atoms. The number of carbonyl (C=O) groups excluding carboxylic acids is 8. The number of carbonyl (C=O) groups is 8. The van der Waals surface area contributed by atoms with Gasteiger partial charge in [-0.15, -0.1) is 48.8 Å². The van der Waals surface area contributed by atoms with E-state index in [1.807, 2.05) is 0 Å². The van der Waals surface area contributed by atoms with Gasteiger partial charge in [-0.05, 0) is 53.4 Å². The predicted octanol–water partition coefficient (Wildman–Crippen LogP) is -4.56. The zero-order chi connectivity index (χ0) is 58.4. The van der Waals surface area contributed by atoms with E-state index >= 15 is 0 Å². The summed E-state index contributed by atoms with van der Waals surface area (Å²) < 4.78 is 0. The van der Waals surface area contributed by atoms with Crippen LogP contribution in [0.1, 0.15) is 192 Å². The van der Waals surface area contributed by atoms with Crippen molar-refractivity contribution >= 4 is 47.0 Å². The Labute approximate surface area is 473 Å². The van der Waals surface area contributed by atoms with Crippen molar-refractivity contribution in [3.8, 4) is 0 Å². The molecule has 0 aromatic carbocycles. The average molecular weight is 1130 g/mol. The third-order valence-corrected chi connectivity index (χ3v) is 4.73. The van der Waals surface area contributed by atoms with E-state index in [2.05, 4.69) is 0 Å². The second kappa shape index (κ2) is 79.8. The van der Waals surface area contributed by atoms with Crippen molar-refractivity contribution < 1.29 is 165 Å². The first-order chi connectivity index (χ1) is 30.2. The van der Waals surface area contributed by atoms with Gasteiger partial charge in [0, 0.05) is 0 Å². The zero-order valence-corrected chi connectivity index (χ0v) is 52.1. The standard InChI is InChI=1S/4C6H10O3.8C3H7O.3Ti/c4*1-3-5(4(2)7)6(8)9;8*1-3(2)4;;;/h4*5H,3H2,1-2H3,(H,8,9);8*3H,1-2H3;;;/q;;;;8*-1;3*+4/p-4. The minimum atomic E-state index is -1.27. The van der Waals surface area contributed by atoms with Gasteiger partial charge in [0.2, 0.25) is 0 Å². The maximum Gasteiger partial charge on any atom is 4.00 e. The molecule has 4 atom stereocenters. The quantitative estimate of drug-likeness (QED) is 0.131. The van der Waals surface area contributed by atoms with E-state index in [-0.39, 0.29) is 88.3 Å². The van der Waals surface area contributed by atoms with Crippen molar-refractivity contribution in [2.24, 2.45) is 23.7 Å². The van der Waals surface area contributed by atoms with Gasteiger partial charge in [-0.2, -0.15) is 0 Å². The van der Waals surface area contributed by atoms with Crippen molar-refractivity contribution in [2.75, 3.05) is 0 Å². The minimum absolute atomic E-state index is 0. The van der Waals surface area contributed by atoms with Crippen molar-refractivity contribution in [1.82, 2.24) is 0 Å². The Morgan fingerprint density at radius 2 is 0.310 bits per heavy atom. The van der Waals surface area contributed by atoms with Crippen molar-refractivity contribution in [3.05, 3.63) is 0 Å². The summed E-state index contributed by atoms with van der Waals surface area (Å²) in [5.74, 6) is -10.1. The fourth-order valence-electron chi connectivity index (χ4n) is 2.48. The first-order valence-corrected chi connectivity index (χ1v) is 22.3. The third kappa shape index (κ3) is 205. The maximum atomic E-state index is 10.4. The fourth-order valence-corrected chi connectivity index (χ4v) is 2.48. The molecule has 0 aromatic rings. The number of hydrogen-bond donors (Lipinski definition) is 0. The SMILES string of the molecule is CC(C)[O-].CC(C)[O-].CC(C)[O-].CC(C)[O-].CC(C)[O-].CC(C)[O-].CC(C)[O-].CC(C)[O-].CCC(C(C)=O)C(=O)[O-].CCC(C(C)=O)C(=O)[O-].CCC(C(C)=O)C(=O)[O-].CCC(C(C)=O)C(=O)[O-].[Ti+4].[Ti+4].[Ti+4]. The minimum Gasteiger partial charge on any atom is -0.852 e. The van der Waals surface area contributed by atoms with Crippen LogP contribution in [0, 0.1) is 23.7 Å². The second-order valence-electron chi connectivity index (χ2n) is 16.0. The van der Waals surface area contributed by atoms with Crippen LogP contribution >= 0.6 is 0 Å². The first-order valence-electron chi connectivity index (χ1n) is 22.3. The Morgan fingerprint density at radius 3 is 0.310 bits per heavy atom. The van der Waals surface area contributed by atoms with E-state index in [0.717, 1.165) is 0 Å². The molecule has 0 aliphatic carbocycles. The number of aliphatic carboxylic acids is 4. The summed E-state index contributed by atoms with van der Waals surface area (Å²) in [6, 6.07) is 0. The van der Waals surface area contributed by atoms with Gasteiger partial charge in [-0.1, -0.05) is 138 Å². The van der Waals surface area contributed by atoms with Gasteiger partial charge in [-0.3, -0.25) is 19.2 Å². The molecule has 0 amide bonds. The van der Waals surface area contributed by atoms with Crippen LogP contribution in [0.4, 0.5) is 0 Å². The van der Waals surface area contributed by atoms with E-state index < -0.39 is 96.4 Å². The molecule has 71 heavy (non-hydrogen) atoms. The number of carboxylic acids is 4. The molecule has 0 fully saturated rings. The molecule has 0 N–H and O–H groups in total. The summed E-state index contributed by atoms with van der Waals surface area (Å²) in [4.78, 5) is 81.7. The molecular formula is C48H92O20Ti3. The molecule has 0 saturated carbocycles. The molecule has 4 unspecified atom stereocenters. The fraction of sp³-hybridized carbons (Fsp3) is 0.833. The molecule has 0 saturated heterocycles. The normalized spacial score (nSPS) is 10.5. The van der Waals surface area contributed by atoms with Gasteiger partial charge in [0.1, 0.15) is 23.1 Å². The molecule has 0 radical (unpaired) electrons. The van der Waals surface area contributed by atoms with Gasteiger partial charge in [0.05, 0.1) is 47.5 Å². The van der Waals surface area contributed by atoms with Gasteiger partial charge in [-0.25, -0.2) is 0 Å². The smallest absolute Gasteiger partial charge is 0.852 e. The molecule has 0 heterocycles. The van der Waals surface area contributed by atoms with Crippen molar-refractivity contribution in [2.45, 2.75) is 241 Å². The first kappa shape index (κ1) is 110. The molecule has 0 aromatic heterocycles. The van der Waals surface area contributed by atoms with E-state index in [4.69, 9.17) is 0 Å². The van der Waals surface area contributed by atoms with Crippen LogP contribution in [0.3, 0.4) is 0 Å². The summed E-state index contributed by atoms with van der Waals surface area (Å²) in [7, 11) is 0. The Bertz CT molecular complexity index is 888. The van der Waals surface area contributed by atoms with Crippen LogP contribution < -0.4 is 61.3 Å². The maximum absolute atomic E-state index is 10.4. The number of carboxylic acid groups (broad SMARTS) is 4. The van der Waals surface area contributed by atoms with E-state index in [0.29, 0.717) is 25.7 Å². The Hall–Kier alpha value is -1.62. The molecule has 416 valence electrons. The average Bonchev–Trinajstić information content (AvgIpc) is 3.03. The molecule has 0 aliphatic rings. The predicted molar refractivity (Wildman–Crippen MR) is 239 cm³/mol. The zero-order valence-electron chi connectivity index (χ0n) is 47.4. The number of rotatable bonds is 12. The van der Waals surface area contributed by atoms with Gasteiger partial charge < -0.3 is 80.5 Å². The van der Waals surface area contributed by atoms with Crippen LogP contribution in [-0.4, -0.2) is 95.8 Å². The van der Waals surface area contributed by atoms with Crippen molar-refractivity contribution in [1.29, 1.82) is 0 Å². The topological polar surface area (TPSA) is 413 Å². The Morgan fingerprint density at radius 1 is 0.254 bits per heavy atom. The summed E-state index contributed by atoms with van der Waals surface area (Å²) in [5.41, 5.74) is 0. The summed E-state index contributed by atoms with van der Waals surface area (Å²) in [6.45, 7) is 37.4. The van der Waals surface area contributed by atoms with Crippen LogP contribution in [0.2, 0.25) is 0 Å². The van der Waals surface area contributed by atoms with Crippen LogP contribution in [-0.2, 0) is 104 Å². The molecule has 0 bridgehead atoms. The van der Waals surface area contributed by atoms with E-state index in [9.17, 15) is 99.6 Å². The second-order valence-corrected chi connectivity index (χ2v) is 16.0. The van der Waals surface area contributed by atoms with Crippen LogP contribution in [0.5, 0.6) is 0 Å². The Kier molecular flexibility index (Phi) is 123. The Balaban J connectivity index is -0.0000000377.